The van der Waals surface area contributed by atoms with Gasteiger partial charge in [-0.1, -0.05) is 28.1 Å². The van der Waals surface area contributed by atoms with Crippen LogP contribution in [0.25, 0.3) is 0 Å². The summed E-state index contributed by atoms with van der Waals surface area (Å²) in [5.74, 6) is -0.429. The number of fused-ring (bicyclic) bond motifs is 1. The first kappa shape index (κ1) is 24.4. The minimum absolute atomic E-state index is 0.172. The molecule has 0 radical (unpaired) electrons. The lowest BCUT2D eigenvalue weighted by atomic mass is 9.93. The average Bonchev–Trinajstić information content (AvgIpc) is 3.23. The van der Waals surface area contributed by atoms with Gasteiger partial charge in [0, 0.05) is 34.6 Å². The number of furan rings is 1. The lowest BCUT2D eigenvalue weighted by Gasteiger charge is -2.19. The molecule has 8 nitrogen and oxygen atoms in total. The number of carbonyl (C=O) groups is 3. The molecule has 0 aliphatic heterocycles. The van der Waals surface area contributed by atoms with E-state index < -0.39 is 11.9 Å². The monoisotopic (exact) mass is 537 g/mol. The molecule has 0 bridgehead atoms. The Bertz CT molecular complexity index is 1330. The first-order chi connectivity index (χ1) is 16.8. The van der Waals surface area contributed by atoms with Crippen LogP contribution in [-0.2, 0) is 11.2 Å². The van der Waals surface area contributed by atoms with Crippen LogP contribution in [0.1, 0.15) is 61.0 Å². The van der Waals surface area contributed by atoms with E-state index in [1.54, 1.807) is 62.5 Å². The van der Waals surface area contributed by atoms with Gasteiger partial charge >= 0.3 is 5.97 Å². The molecule has 1 heterocycles. The van der Waals surface area contributed by atoms with Crippen molar-refractivity contribution in [1.82, 2.24) is 5.43 Å². The Morgan fingerprint density at radius 2 is 1.80 bits per heavy atom. The highest BCUT2D eigenvalue weighted by molar-refractivity contribution is 9.10. The molecule has 1 aliphatic rings. The van der Waals surface area contributed by atoms with Crippen LogP contribution in [0, 0.1) is 6.92 Å². The van der Waals surface area contributed by atoms with Gasteiger partial charge in [0.2, 0.25) is 0 Å². The Hall–Kier alpha value is -3.72. The summed E-state index contributed by atoms with van der Waals surface area (Å²) in [5, 5.41) is 4.37. The highest BCUT2D eigenvalue weighted by atomic mass is 79.9. The van der Waals surface area contributed by atoms with Gasteiger partial charge in [-0.25, -0.2) is 10.2 Å². The number of para-hydroxylation sites is 1. The van der Waals surface area contributed by atoms with Crippen LogP contribution in [0.15, 0.2) is 62.5 Å². The molecule has 0 unspecified atom stereocenters. The number of nitrogens with zero attached hydrogens (tertiary/aromatic N) is 2. The van der Waals surface area contributed by atoms with Crippen molar-refractivity contribution in [2.75, 3.05) is 19.1 Å². The van der Waals surface area contributed by atoms with Gasteiger partial charge in [0.1, 0.15) is 5.76 Å². The smallest absolute Gasteiger partial charge is 0.339 e. The summed E-state index contributed by atoms with van der Waals surface area (Å²) >= 11 is 3.35. The van der Waals surface area contributed by atoms with Crippen LogP contribution in [0.2, 0.25) is 0 Å². The Kier molecular flexibility index (Phi) is 7.16. The number of aryl methyl sites for hydroxylation is 1. The molecule has 2 aromatic carbocycles. The molecule has 0 fully saturated rings. The van der Waals surface area contributed by atoms with Gasteiger partial charge in [0.05, 0.1) is 24.1 Å². The first-order valence-electron chi connectivity index (χ1n) is 11.0. The van der Waals surface area contributed by atoms with E-state index in [1.807, 2.05) is 0 Å². The molecular weight excluding hydrogens is 514 g/mol. The molecule has 9 heteroatoms. The molecule has 0 spiro atoms. The van der Waals surface area contributed by atoms with E-state index in [0.29, 0.717) is 41.1 Å². The summed E-state index contributed by atoms with van der Waals surface area (Å²) < 4.78 is 11.7. The summed E-state index contributed by atoms with van der Waals surface area (Å²) in [5.41, 5.74) is 5.83. The lowest BCUT2D eigenvalue weighted by Crippen LogP contribution is -2.28. The average molecular weight is 538 g/mol. The molecule has 1 N–H and O–H groups in total. The van der Waals surface area contributed by atoms with Gasteiger partial charge in [0.25, 0.3) is 11.8 Å². The number of hydrogen-bond donors (Lipinski definition) is 1. The number of anilines is 1. The van der Waals surface area contributed by atoms with Crippen LogP contribution >= 0.6 is 15.9 Å². The van der Waals surface area contributed by atoms with Crippen molar-refractivity contribution in [3.63, 3.8) is 0 Å². The van der Waals surface area contributed by atoms with Gasteiger partial charge in [-0.3, -0.25) is 9.59 Å². The van der Waals surface area contributed by atoms with Crippen molar-refractivity contribution in [3.05, 3.63) is 86.8 Å². The third-order valence-electron chi connectivity index (χ3n) is 5.89. The molecule has 0 saturated heterocycles. The Labute approximate surface area is 211 Å². The summed E-state index contributed by atoms with van der Waals surface area (Å²) in [4.78, 5) is 39.5. The maximum Gasteiger partial charge on any atom is 0.339 e. The van der Waals surface area contributed by atoms with Crippen LogP contribution in [0.3, 0.4) is 0 Å². The van der Waals surface area contributed by atoms with Crippen LogP contribution in [-0.4, -0.2) is 37.7 Å². The Balaban J connectivity index is 1.62. The lowest BCUT2D eigenvalue weighted by molar-refractivity contribution is 0.0601. The highest BCUT2D eigenvalue weighted by Gasteiger charge is 2.30. The molecule has 3 aromatic rings. The van der Waals surface area contributed by atoms with Gasteiger partial charge in [-0.05, 0) is 56.2 Å². The van der Waals surface area contributed by atoms with Crippen LogP contribution in [0.5, 0.6) is 0 Å². The van der Waals surface area contributed by atoms with Gasteiger partial charge in [-0.2, -0.15) is 5.10 Å². The number of hydrazone groups is 1. The molecule has 1 aliphatic carbocycles. The number of carbonyl (C=O) groups excluding carboxylic acids is 3. The number of amides is 2. The van der Waals surface area contributed by atoms with E-state index in [4.69, 9.17) is 9.15 Å². The molecule has 1 aromatic heterocycles. The van der Waals surface area contributed by atoms with Crippen molar-refractivity contribution in [3.8, 4) is 0 Å². The van der Waals surface area contributed by atoms with E-state index in [1.165, 1.54) is 12.0 Å². The fourth-order valence-electron chi connectivity index (χ4n) is 4.08. The van der Waals surface area contributed by atoms with Crippen molar-refractivity contribution in [2.45, 2.75) is 26.2 Å². The second kappa shape index (κ2) is 10.3. The summed E-state index contributed by atoms with van der Waals surface area (Å²) in [6.45, 7) is 1.80. The Morgan fingerprint density at radius 3 is 2.51 bits per heavy atom. The van der Waals surface area contributed by atoms with Crippen molar-refractivity contribution in [1.29, 1.82) is 0 Å². The predicted molar refractivity (Wildman–Crippen MR) is 135 cm³/mol. The van der Waals surface area contributed by atoms with E-state index in [-0.39, 0.29) is 17.2 Å². The molecule has 0 atom stereocenters. The van der Waals surface area contributed by atoms with Gasteiger partial charge in [0.15, 0.2) is 5.76 Å². The van der Waals surface area contributed by atoms with E-state index >= 15 is 0 Å². The predicted octanol–water partition coefficient (Wildman–Crippen LogP) is 4.88. The van der Waals surface area contributed by atoms with Crippen LogP contribution in [0.4, 0.5) is 5.69 Å². The molecule has 0 saturated carbocycles. The van der Waals surface area contributed by atoms with E-state index in [9.17, 15) is 14.4 Å². The fourth-order valence-corrected chi connectivity index (χ4v) is 4.34. The Morgan fingerprint density at radius 1 is 1.09 bits per heavy atom. The molecule has 180 valence electrons. The maximum absolute atomic E-state index is 13.4. The number of benzene rings is 2. The zero-order chi connectivity index (χ0) is 25.1. The number of esters is 1. The van der Waals surface area contributed by atoms with E-state index in [2.05, 4.69) is 26.5 Å². The number of nitrogens with one attached hydrogen (secondary N) is 1. The third-order valence-corrected chi connectivity index (χ3v) is 6.42. The number of methoxy groups -OCH3 is 1. The number of halogens is 1. The molecule has 35 heavy (non-hydrogen) atoms. The quantitative estimate of drug-likeness (QED) is 0.369. The fraction of sp³-hybridized carbons (Fsp3) is 0.231. The highest BCUT2D eigenvalue weighted by Crippen LogP contribution is 2.32. The van der Waals surface area contributed by atoms with Crippen LogP contribution < -0.4 is 10.3 Å². The number of rotatable bonds is 5. The normalized spacial score (nSPS) is 13.8. The minimum atomic E-state index is -0.536. The molecule has 4 rings (SSSR count). The maximum atomic E-state index is 13.4. The standard InChI is InChI=1S/C26H24BrN3O5/c1-15-22-19(28-29-24(31)16-11-13-17(27)14-12-16)8-6-10-21(22)35-23(15)25(32)30(2)20-9-5-4-7-18(20)26(33)34-3/h4-5,7,9,11-14H,6,8,10H2,1-3H3,(H,29,31)/b28-19+. The number of ether oxygens (including phenoxy) is 1. The largest absolute Gasteiger partial charge is 0.465 e. The summed E-state index contributed by atoms with van der Waals surface area (Å²) in [6.07, 6.45) is 2.08. The molecule has 2 amide bonds. The first-order valence-corrected chi connectivity index (χ1v) is 11.8. The topological polar surface area (TPSA) is 101 Å². The third kappa shape index (κ3) is 4.90. The minimum Gasteiger partial charge on any atom is -0.465 e. The second-order valence-electron chi connectivity index (χ2n) is 8.09. The van der Waals surface area contributed by atoms with Crippen molar-refractivity contribution < 1.29 is 23.5 Å². The SMILES string of the molecule is COC(=O)c1ccccc1N(C)C(=O)c1oc2c(c1C)/C(=N/NC(=O)c1ccc(Br)cc1)CCC2. The summed E-state index contributed by atoms with van der Waals surface area (Å²) in [6, 6.07) is 13.7. The zero-order valence-electron chi connectivity index (χ0n) is 19.6. The van der Waals surface area contributed by atoms with Crippen molar-refractivity contribution in [2.24, 2.45) is 5.10 Å². The van der Waals surface area contributed by atoms with Crippen molar-refractivity contribution >= 4 is 45.1 Å². The van der Waals surface area contributed by atoms with E-state index in [0.717, 1.165) is 16.5 Å². The molecular formula is C26H24BrN3O5. The zero-order valence-corrected chi connectivity index (χ0v) is 21.1. The van der Waals surface area contributed by atoms with Gasteiger partial charge < -0.3 is 14.1 Å². The van der Waals surface area contributed by atoms with Gasteiger partial charge in [-0.15, -0.1) is 0 Å². The number of hydrogen-bond acceptors (Lipinski definition) is 6. The second-order valence-corrected chi connectivity index (χ2v) is 9.00. The summed E-state index contributed by atoms with van der Waals surface area (Å²) in [7, 11) is 2.88.